The maximum absolute atomic E-state index is 12.8. The summed E-state index contributed by atoms with van der Waals surface area (Å²) >= 11 is 5.91. The summed E-state index contributed by atoms with van der Waals surface area (Å²) < 4.78 is 5.99. The Labute approximate surface area is 201 Å². The Hall–Kier alpha value is -2.57. The van der Waals surface area contributed by atoms with E-state index < -0.39 is 0 Å². The average molecular weight is 472 g/mol. The van der Waals surface area contributed by atoms with E-state index in [4.69, 9.17) is 16.3 Å². The van der Waals surface area contributed by atoms with Crippen LogP contribution in [0.15, 0.2) is 48.5 Å². The molecule has 1 heterocycles. The fraction of sp³-hybridized carbons (Fsp3) is 0.462. The maximum Gasteiger partial charge on any atom is 0.253 e. The van der Waals surface area contributed by atoms with Crippen molar-refractivity contribution in [1.29, 1.82) is 0 Å². The maximum atomic E-state index is 12.8. The molecule has 178 valence electrons. The molecular weight excluding hydrogens is 438 g/mol. The predicted octanol–water partition coefficient (Wildman–Crippen LogP) is 4.23. The molecule has 2 aromatic carbocycles. The van der Waals surface area contributed by atoms with Gasteiger partial charge < -0.3 is 19.9 Å². The van der Waals surface area contributed by atoms with Crippen LogP contribution in [0.25, 0.3) is 0 Å². The molecular formula is C26H34ClN3O3. The molecule has 2 amide bonds. The van der Waals surface area contributed by atoms with Gasteiger partial charge >= 0.3 is 0 Å². The minimum absolute atomic E-state index is 0.0127. The topological polar surface area (TPSA) is 61.9 Å². The second kappa shape index (κ2) is 12.6. The molecule has 1 fully saturated rings. The van der Waals surface area contributed by atoms with Crippen molar-refractivity contribution in [3.05, 3.63) is 64.7 Å². The highest BCUT2D eigenvalue weighted by molar-refractivity contribution is 6.30. The van der Waals surface area contributed by atoms with Crippen LogP contribution < -0.4 is 10.1 Å². The first-order valence-electron chi connectivity index (χ1n) is 11.8. The number of amides is 2. The molecule has 0 bridgehead atoms. The van der Waals surface area contributed by atoms with Gasteiger partial charge in [0, 0.05) is 48.2 Å². The van der Waals surface area contributed by atoms with Crippen molar-refractivity contribution in [2.45, 2.75) is 33.2 Å². The first-order chi connectivity index (χ1) is 16.0. The number of ether oxygens (including phenoxy) is 1. The van der Waals surface area contributed by atoms with E-state index in [1.807, 2.05) is 29.2 Å². The number of carbonyl (C=O) groups is 2. The Balaban J connectivity index is 1.46. The van der Waals surface area contributed by atoms with Crippen molar-refractivity contribution < 1.29 is 14.3 Å². The fourth-order valence-electron chi connectivity index (χ4n) is 4.06. The molecule has 0 unspecified atom stereocenters. The van der Waals surface area contributed by atoms with Gasteiger partial charge in [-0.3, -0.25) is 9.59 Å². The number of hydrogen-bond donors (Lipinski definition) is 1. The molecule has 7 heteroatoms. The van der Waals surface area contributed by atoms with Gasteiger partial charge in [0.1, 0.15) is 12.4 Å². The van der Waals surface area contributed by atoms with Gasteiger partial charge in [0.15, 0.2) is 0 Å². The second-order valence-electron chi connectivity index (χ2n) is 8.27. The minimum Gasteiger partial charge on any atom is -0.492 e. The molecule has 1 aliphatic rings. The minimum atomic E-state index is -0.0879. The van der Waals surface area contributed by atoms with Crippen molar-refractivity contribution in [2.24, 2.45) is 5.92 Å². The van der Waals surface area contributed by atoms with Crippen LogP contribution in [0.3, 0.4) is 0 Å². The van der Waals surface area contributed by atoms with Crippen molar-refractivity contribution in [3.63, 3.8) is 0 Å². The number of carbonyl (C=O) groups excluding carboxylic acids is 2. The number of rotatable bonds is 10. The number of nitrogens with zero attached hydrogens (tertiary/aromatic N) is 2. The van der Waals surface area contributed by atoms with Gasteiger partial charge in [-0.2, -0.15) is 0 Å². The van der Waals surface area contributed by atoms with Gasteiger partial charge in [-0.15, -0.1) is 0 Å². The molecule has 0 atom stereocenters. The quantitative estimate of drug-likeness (QED) is 0.563. The highest BCUT2D eigenvalue weighted by Crippen LogP contribution is 2.22. The molecule has 2 aromatic rings. The summed E-state index contributed by atoms with van der Waals surface area (Å²) in [5.74, 6) is 0.746. The third-order valence-corrected chi connectivity index (χ3v) is 6.48. The van der Waals surface area contributed by atoms with E-state index in [0.29, 0.717) is 49.7 Å². The van der Waals surface area contributed by atoms with Crippen LogP contribution >= 0.6 is 11.6 Å². The van der Waals surface area contributed by atoms with Crippen LogP contribution in [0.1, 0.15) is 42.6 Å². The van der Waals surface area contributed by atoms with Crippen LogP contribution in [0.4, 0.5) is 0 Å². The second-order valence-corrected chi connectivity index (χ2v) is 8.71. The van der Waals surface area contributed by atoms with Gasteiger partial charge in [0.05, 0.1) is 0 Å². The molecule has 0 spiro atoms. The number of hydrogen-bond acceptors (Lipinski definition) is 4. The largest absolute Gasteiger partial charge is 0.492 e. The Morgan fingerprint density at radius 2 is 1.73 bits per heavy atom. The molecule has 0 saturated carbocycles. The van der Waals surface area contributed by atoms with E-state index in [1.165, 1.54) is 0 Å². The van der Waals surface area contributed by atoms with Crippen LogP contribution in [0.5, 0.6) is 5.75 Å². The first-order valence-corrected chi connectivity index (χ1v) is 12.1. The van der Waals surface area contributed by atoms with Crippen LogP contribution in [0, 0.1) is 5.92 Å². The lowest BCUT2D eigenvalue weighted by atomic mass is 9.95. The lowest BCUT2D eigenvalue weighted by Crippen LogP contribution is -2.42. The van der Waals surface area contributed by atoms with E-state index in [-0.39, 0.29) is 17.7 Å². The van der Waals surface area contributed by atoms with E-state index in [2.05, 4.69) is 24.1 Å². The summed E-state index contributed by atoms with van der Waals surface area (Å²) in [6.07, 6.45) is 1.32. The summed E-state index contributed by atoms with van der Waals surface area (Å²) in [5.41, 5.74) is 1.60. The zero-order valence-electron chi connectivity index (χ0n) is 19.6. The Morgan fingerprint density at radius 1 is 1.06 bits per heavy atom. The van der Waals surface area contributed by atoms with Crippen molar-refractivity contribution >= 4 is 23.4 Å². The van der Waals surface area contributed by atoms with Crippen LogP contribution in [-0.2, 0) is 11.3 Å². The molecule has 3 rings (SSSR count). The highest BCUT2D eigenvalue weighted by Gasteiger charge is 2.27. The first kappa shape index (κ1) is 25.1. The van der Waals surface area contributed by atoms with Gasteiger partial charge in [-0.1, -0.05) is 43.6 Å². The zero-order valence-corrected chi connectivity index (χ0v) is 20.3. The monoisotopic (exact) mass is 471 g/mol. The summed E-state index contributed by atoms with van der Waals surface area (Å²) in [6, 6.07) is 14.8. The molecule has 1 saturated heterocycles. The molecule has 6 nitrogen and oxygen atoms in total. The van der Waals surface area contributed by atoms with Crippen LogP contribution in [0.2, 0.25) is 5.02 Å². The third kappa shape index (κ3) is 7.21. The zero-order chi connectivity index (χ0) is 23.6. The van der Waals surface area contributed by atoms with E-state index >= 15 is 0 Å². The number of nitrogens with one attached hydrogen (secondary N) is 1. The molecule has 1 N–H and O–H groups in total. The Bertz CT molecular complexity index is 907. The van der Waals surface area contributed by atoms with Gasteiger partial charge in [-0.25, -0.2) is 0 Å². The van der Waals surface area contributed by atoms with Gasteiger partial charge in [-0.05, 0) is 56.3 Å². The predicted molar refractivity (Wildman–Crippen MR) is 132 cm³/mol. The lowest BCUT2D eigenvalue weighted by molar-refractivity contribution is -0.126. The molecule has 0 aliphatic carbocycles. The van der Waals surface area contributed by atoms with Gasteiger partial charge in [0.25, 0.3) is 5.91 Å². The average Bonchev–Trinajstić information content (AvgIpc) is 2.86. The van der Waals surface area contributed by atoms with Crippen molar-refractivity contribution in [2.75, 3.05) is 39.3 Å². The number of halogens is 1. The summed E-state index contributed by atoms with van der Waals surface area (Å²) in [4.78, 5) is 29.6. The standard InChI is InChI=1S/C26H34ClN3O3/c1-3-29(4-2)17-18-33-24-8-6-5-7-22(24)19-28-25(31)20-13-15-30(16-14-20)26(32)21-9-11-23(27)12-10-21/h5-12,20H,3-4,13-19H2,1-2H3,(H,28,31). The fourth-order valence-corrected chi connectivity index (χ4v) is 4.19. The summed E-state index contributed by atoms with van der Waals surface area (Å²) in [6.45, 7) is 9.37. The highest BCUT2D eigenvalue weighted by atomic mass is 35.5. The molecule has 0 radical (unpaired) electrons. The normalized spacial score (nSPS) is 14.4. The molecule has 1 aliphatic heterocycles. The van der Waals surface area contributed by atoms with Crippen molar-refractivity contribution in [1.82, 2.24) is 15.1 Å². The molecule has 33 heavy (non-hydrogen) atoms. The lowest BCUT2D eigenvalue weighted by Gasteiger charge is -2.31. The number of para-hydroxylation sites is 1. The van der Waals surface area contributed by atoms with Gasteiger partial charge in [0.2, 0.25) is 5.91 Å². The smallest absolute Gasteiger partial charge is 0.253 e. The summed E-state index contributed by atoms with van der Waals surface area (Å²) in [5, 5.41) is 3.67. The SMILES string of the molecule is CCN(CC)CCOc1ccccc1CNC(=O)C1CCN(C(=O)c2ccc(Cl)cc2)CC1. The number of piperidine rings is 1. The van der Waals surface area contributed by atoms with Crippen molar-refractivity contribution in [3.8, 4) is 5.75 Å². The third-order valence-electron chi connectivity index (χ3n) is 6.23. The van der Waals surface area contributed by atoms with E-state index in [0.717, 1.165) is 30.9 Å². The van der Waals surface area contributed by atoms with Crippen LogP contribution in [-0.4, -0.2) is 60.9 Å². The van der Waals surface area contributed by atoms with E-state index in [9.17, 15) is 9.59 Å². The van der Waals surface area contributed by atoms with E-state index in [1.54, 1.807) is 24.3 Å². The Kier molecular flexibility index (Phi) is 9.58. The number of likely N-dealkylation sites (N-methyl/N-ethyl adjacent to an activating group) is 1. The number of likely N-dealkylation sites (tertiary alicyclic amines) is 1. The number of benzene rings is 2. The summed E-state index contributed by atoms with van der Waals surface area (Å²) in [7, 11) is 0. The Morgan fingerprint density at radius 3 is 2.39 bits per heavy atom. The molecule has 0 aromatic heterocycles.